The highest BCUT2D eigenvalue weighted by atomic mass is 16.1. The van der Waals surface area contributed by atoms with Crippen LogP contribution in [0.1, 0.15) is 61.3 Å². The maximum absolute atomic E-state index is 9.06. The molecule has 0 unspecified atom stereocenters. The fourth-order valence-corrected chi connectivity index (χ4v) is 0. The van der Waals surface area contributed by atoms with E-state index in [2.05, 4.69) is 39.9 Å². The van der Waals surface area contributed by atoms with Gasteiger partial charge in [0, 0.05) is 7.05 Å². The highest BCUT2D eigenvalue weighted by Gasteiger charge is 1.80. The Kier molecular flexibility index (Phi) is 65.4. The lowest BCUT2D eigenvalue weighted by atomic mass is 10.2. The van der Waals surface area contributed by atoms with Crippen molar-refractivity contribution < 1.29 is 4.79 Å². The minimum absolute atomic E-state index is 0.625. The van der Waals surface area contributed by atoms with Gasteiger partial charge in [0.15, 0.2) is 0 Å². The molecule has 0 aliphatic carbocycles. The molecule has 0 fully saturated rings. The lowest BCUT2D eigenvalue weighted by Gasteiger charge is -1.90. The number of carbonyl (C=O) groups is 1. The van der Waals surface area contributed by atoms with Crippen LogP contribution in [0.25, 0.3) is 0 Å². The van der Waals surface area contributed by atoms with Crippen LogP contribution in [0, 0.1) is 5.92 Å². The van der Waals surface area contributed by atoms with Crippen LogP contribution in [0.4, 0.5) is 0 Å². The standard InChI is InChI=1S/C5H12.C3H8.C2H5NO.C2H6/c1-4-5(2)3;1-3-2;1-3-2-4;1-2/h5H,4H2,1-3H3;3H2,1-2H3;2H,1H3,(H,3,4);1-2H3. The van der Waals surface area contributed by atoms with Gasteiger partial charge in [-0.15, -0.1) is 0 Å². The van der Waals surface area contributed by atoms with Crippen molar-refractivity contribution in [3.63, 3.8) is 0 Å². The molecule has 0 aromatic rings. The van der Waals surface area contributed by atoms with Gasteiger partial charge in [0.05, 0.1) is 0 Å². The fraction of sp³-hybridized carbons (Fsp3) is 0.917. The van der Waals surface area contributed by atoms with Gasteiger partial charge in [-0.05, 0) is 5.92 Å². The topological polar surface area (TPSA) is 29.1 Å². The van der Waals surface area contributed by atoms with Crippen LogP contribution in [-0.2, 0) is 4.79 Å². The molecule has 14 heavy (non-hydrogen) atoms. The van der Waals surface area contributed by atoms with E-state index in [0.29, 0.717) is 6.41 Å². The summed E-state index contributed by atoms with van der Waals surface area (Å²) in [6.45, 7) is 14.9. The van der Waals surface area contributed by atoms with E-state index in [0.717, 1.165) is 5.92 Å². The van der Waals surface area contributed by atoms with Crippen LogP contribution in [0.2, 0.25) is 0 Å². The van der Waals surface area contributed by atoms with Gasteiger partial charge in [-0.1, -0.05) is 61.3 Å². The Morgan fingerprint density at radius 1 is 1.14 bits per heavy atom. The lowest BCUT2D eigenvalue weighted by Crippen LogP contribution is -1.98. The van der Waals surface area contributed by atoms with E-state index in [1.54, 1.807) is 7.05 Å². The fourth-order valence-electron chi connectivity index (χ4n) is 0. The Hall–Kier alpha value is -0.530. The van der Waals surface area contributed by atoms with Crippen molar-refractivity contribution in [1.29, 1.82) is 0 Å². The highest BCUT2D eigenvalue weighted by molar-refractivity contribution is 5.44. The Bertz CT molecular complexity index is 63.3. The van der Waals surface area contributed by atoms with Gasteiger partial charge in [0.25, 0.3) is 0 Å². The first-order valence-electron chi connectivity index (χ1n) is 5.71. The summed E-state index contributed by atoms with van der Waals surface area (Å²) in [5, 5.41) is 2.25. The summed E-state index contributed by atoms with van der Waals surface area (Å²) in [6, 6.07) is 0. The van der Waals surface area contributed by atoms with Crippen molar-refractivity contribution >= 4 is 6.41 Å². The SMILES string of the molecule is CC.CCC.CCC(C)C.CNC=O. The van der Waals surface area contributed by atoms with Crippen LogP contribution in [-0.4, -0.2) is 13.5 Å². The van der Waals surface area contributed by atoms with Crippen molar-refractivity contribution in [3.05, 3.63) is 0 Å². The molecule has 0 heterocycles. The molecule has 1 N–H and O–H groups in total. The van der Waals surface area contributed by atoms with E-state index < -0.39 is 0 Å². The Labute approximate surface area is 91.5 Å². The molecule has 0 spiro atoms. The second-order valence-electron chi connectivity index (χ2n) is 2.92. The van der Waals surface area contributed by atoms with Crippen molar-refractivity contribution in [1.82, 2.24) is 5.32 Å². The molecule has 0 rings (SSSR count). The van der Waals surface area contributed by atoms with E-state index in [1.807, 2.05) is 13.8 Å². The summed E-state index contributed by atoms with van der Waals surface area (Å²) < 4.78 is 0. The first kappa shape index (κ1) is 23.4. The predicted octanol–water partition coefficient (Wildman–Crippen LogP) is 3.86. The van der Waals surface area contributed by atoms with Crippen molar-refractivity contribution in [2.75, 3.05) is 7.05 Å². The van der Waals surface area contributed by atoms with E-state index in [1.165, 1.54) is 12.8 Å². The van der Waals surface area contributed by atoms with E-state index in [4.69, 9.17) is 4.79 Å². The van der Waals surface area contributed by atoms with E-state index in [-0.39, 0.29) is 0 Å². The van der Waals surface area contributed by atoms with Crippen LogP contribution in [0.15, 0.2) is 0 Å². The van der Waals surface area contributed by atoms with Gasteiger partial charge in [0.1, 0.15) is 0 Å². The molecule has 0 radical (unpaired) electrons. The summed E-state index contributed by atoms with van der Waals surface area (Å²) in [5.74, 6) is 0.884. The van der Waals surface area contributed by atoms with Gasteiger partial charge in [0.2, 0.25) is 6.41 Å². The third-order valence-electron chi connectivity index (χ3n) is 0.934. The predicted molar refractivity (Wildman–Crippen MR) is 67.6 cm³/mol. The van der Waals surface area contributed by atoms with E-state index >= 15 is 0 Å². The second-order valence-corrected chi connectivity index (χ2v) is 2.92. The minimum atomic E-state index is 0.625. The number of hydrogen-bond donors (Lipinski definition) is 1. The van der Waals surface area contributed by atoms with Gasteiger partial charge >= 0.3 is 0 Å². The largest absolute Gasteiger partial charge is 0.362 e. The number of hydrogen-bond acceptors (Lipinski definition) is 1. The van der Waals surface area contributed by atoms with Crippen LogP contribution < -0.4 is 5.32 Å². The van der Waals surface area contributed by atoms with Crippen LogP contribution >= 0.6 is 0 Å². The van der Waals surface area contributed by atoms with E-state index in [9.17, 15) is 0 Å². The summed E-state index contributed by atoms with van der Waals surface area (Å²) >= 11 is 0. The maximum atomic E-state index is 9.06. The van der Waals surface area contributed by atoms with Crippen molar-refractivity contribution in [2.45, 2.75) is 61.3 Å². The van der Waals surface area contributed by atoms with Crippen LogP contribution in [0.3, 0.4) is 0 Å². The van der Waals surface area contributed by atoms with Gasteiger partial charge in [-0.25, -0.2) is 0 Å². The zero-order valence-corrected chi connectivity index (χ0v) is 11.5. The first-order valence-corrected chi connectivity index (χ1v) is 5.71. The molecule has 2 nitrogen and oxygen atoms in total. The highest BCUT2D eigenvalue weighted by Crippen LogP contribution is 1.93. The lowest BCUT2D eigenvalue weighted by molar-refractivity contribution is -0.109. The molecule has 0 atom stereocenters. The van der Waals surface area contributed by atoms with Crippen molar-refractivity contribution in [3.8, 4) is 0 Å². The first-order chi connectivity index (χ1) is 6.60. The number of carbonyl (C=O) groups excluding carboxylic acids is 1. The van der Waals surface area contributed by atoms with Gasteiger partial charge < -0.3 is 5.32 Å². The zero-order chi connectivity index (χ0) is 12.4. The molecule has 0 aliphatic rings. The van der Waals surface area contributed by atoms with Gasteiger partial charge in [-0.2, -0.15) is 0 Å². The summed E-state index contributed by atoms with van der Waals surface area (Å²) in [4.78, 5) is 9.06. The molecule has 0 saturated carbocycles. The average molecular weight is 205 g/mol. The second kappa shape index (κ2) is 39.2. The molecule has 0 aliphatic heterocycles. The van der Waals surface area contributed by atoms with Crippen molar-refractivity contribution in [2.24, 2.45) is 5.92 Å². The zero-order valence-electron chi connectivity index (χ0n) is 11.5. The molecule has 0 aromatic carbocycles. The smallest absolute Gasteiger partial charge is 0.206 e. The molecule has 0 saturated heterocycles. The summed E-state index contributed by atoms with van der Waals surface area (Å²) in [6.07, 6.45) is 3.18. The Morgan fingerprint density at radius 2 is 1.29 bits per heavy atom. The minimum Gasteiger partial charge on any atom is -0.362 e. The third-order valence-corrected chi connectivity index (χ3v) is 0.934. The quantitative estimate of drug-likeness (QED) is 0.681. The normalized spacial score (nSPS) is 6.64. The number of amides is 1. The monoisotopic (exact) mass is 205 g/mol. The average Bonchev–Trinajstić information content (AvgIpc) is 2.22. The molecule has 90 valence electrons. The van der Waals surface area contributed by atoms with Gasteiger partial charge in [-0.3, -0.25) is 4.79 Å². The number of rotatable bonds is 2. The maximum Gasteiger partial charge on any atom is 0.206 e. The molecule has 0 aromatic heterocycles. The third kappa shape index (κ3) is 206. The number of nitrogens with one attached hydrogen (secondary N) is 1. The summed E-state index contributed by atoms with van der Waals surface area (Å²) in [7, 11) is 1.56. The molecular formula is C12H31NO. The Morgan fingerprint density at radius 3 is 1.29 bits per heavy atom. The molecule has 0 bridgehead atoms. The molecular weight excluding hydrogens is 174 g/mol. The Balaban J connectivity index is -0.0000000505. The van der Waals surface area contributed by atoms with Crippen LogP contribution in [0.5, 0.6) is 0 Å². The molecule has 1 amide bonds. The summed E-state index contributed by atoms with van der Waals surface area (Å²) in [5.41, 5.74) is 0. The molecule has 2 heteroatoms.